The number of carbonyl (C=O) groups is 1. The zero-order valence-electron chi connectivity index (χ0n) is 15.7. The van der Waals surface area contributed by atoms with E-state index in [1.807, 2.05) is 13.0 Å². The molecule has 0 saturated carbocycles. The quantitative estimate of drug-likeness (QED) is 0.797. The second-order valence-corrected chi connectivity index (χ2v) is 9.01. The van der Waals surface area contributed by atoms with E-state index in [4.69, 9.17) is 4.52 Å². The van der Waals surface area contributed by atoms with Crippen LogP contribution in [0.5, 0.6) is 0 Å². The van der Waals surface area contributed by atoms with Gasteiger partial charge in [-0.2, -0.15) is 11.8 Å². The highest BCUT2D eigenvalue weighted by atomic mass is 32.2. The van der Waals surface area contributed by atoms with Crippen LogP contribution in [-0.2, 0) is 11.3 Å². The van der Waals surface area contributed by atoms with Crippen molar-refractivity contribution in [2.24, 2.45) is 5.92 Å². The van der Waals surface area contributed by atoms with Crippen LogP contribution >= 0.6 is 11.8 Å². The summed E-state index contributed by atoms with van der Waals surface area (Å²) in [6.45, 7) is 8.48. The molecule has 6 nitrogen and oxygen atoms in total. The van der Waals surface area contributed by atoms with Crippen LogP contribution in [0.4, 0.5) is 0 Å². The summed E-state index contributed by atoms with van der Waals surface area (Å²) in [7, 11) is 0. The SMILES string of the molecule is Cc1cc(CN2CCN(C(=O)C3CCN(C4CCSC4)CC3)CC2)no1. The monoisotopic (exact) mass is 378 g/mol. The molecular formula is C19H30N4O2S. The zero-order valence-corrected chi connectivity index (χ0v) is 16.5. The summed E-state index contributed by atoms with van der Waals surface area (Å²) in [6, 6.07) is 2.76. The summed E-state index contributed by atoms with van der Waals surface area (Å²) in [5.74, 6) is 4.08. The lowest BCUT2D eigenvalue weighted by molar-refractivity contribution is -0.139. The van der Waals surface area contributed by atoms with Gasteiger partial charge < -0.3 is 9.42 Å². The Balaban J connectivity index is 1.21. The molecule has 0 spiro atoms. The van der Waals surface area contributed by atoms with Gasteiger partial charge in [0.2, 0.25) is 5.91 Å². The molecule has 26 heavy (non-hydrogen) atoms. The molecule has 0 N–H and O–H groups in total. The summed E-state index contributed by atoms with van der Waals surface area (Å²) >= 11 is 2.08. The van der Waals surface area contributed by atoms with E-state index in [2.05, 4.69) is 31.6 Å². The predicted octanol–water partition coefficient (Wildman–Crippen LogP) is 1.84. The minimum absolute atomic E-state index is 0.241. The highest BCUT2D eigenvalue weighted by molar-refractivity contribution is 7.99. The van der Waals surface area contributed by atoms with Crippen molar-refractivity contribution in [3.05, 3.63) is 17.5 Å². The van der Waals surface area contributed by atoms with Crippen LogP contribution in [-0.4, -0.2) is 82.6 Å². The maximum absolute atomic E-state index is 12.9. The molecular weight excluding hydrogens is 348 g/mol. The molecule has 0 aromatic carbocycles. The van der Waals surface area contributed by atoms with Gasteiger partial charge in [0.25, 0.3) is 0 Å². The second kappa shape index (κ2) is 8.31. The minimum Gasteiger partial charge on any atom is -0.361 e. The van der Waals surface area contributed by atoms with Gasteiger partial charge in [0.05, 0.1) is 5.69 Å². The van der Waals surface area contributed by atoms with E-state index in [-0.39, 0.29) is 5.92 Å². The average molecular weight is 379 g/mol. The maximum Gasteiger partial charge on any atom is 0.225 e. The number of thioether (sulfide) groups is 1. The van der Waals surface area contributed by atoms with E-state index >= 15 is 0 Å². The number of carbonyl (C=O) groups excluding carboxylic acids is 1. The molecule has 3 aliphatic rings. The van der Waals surface area contributed by atoms with Gasteiger partial charge in [-0.25, -0.2) is 0 Å². The van der Waals surface area contributed by atoms with Crippen molar-refractivity contribution < 1.29 is 9.32 Å². The second-order valence-electron chi connectivity index (χ2n) is 7.86. The number of likely N-dealkylation sites (tertiary alicyclic amines) is 1. The first-order valence-corrected chi connectivity index (χ1v) is 11.1. The number of aromatic nitrogens is 1. The van der Waals surface area contributed by atoms with E-state index in [0.29, 0.717) is 5.91 Å². The van der Waals surface area contributed by atoms with Crippen molar-refractivity contribution in [3.8, 4) is 0 Å². The van der Waals surface area contributed by atoms with E-state index in [1.165, 1.54) is 17.9 Å². The molecule has 4 heterocycles. The van der Waals surface area contributed by atoms with Crippen LogP contribution in [0.3, 0.4) is 0 Å². The van der Waals surface area contributed by atoms with E-state index < -0.39 is 0 Å². The van der Waals surface area contributed by atoms with Crippen molar-refractivity contribution in [1.82, 2.24) is 19.9 Å². The molecule has 0 bridgehead atoms. The fourth-order valence-electron chi connectivity index (χ4n) is 4.43. The number of aryl methyl sites for hydroxylation is 1. The van der Waals surface area contributed by atoms with Crippen LogP contribution in [0, 0.1) is 12.8 Å². The van der Waals surface area contributed by atoms with Crippen molar-refractivity contribution in [1.29, 1.82) is 0 Å². The molecule has 3 aliphatic heterocycles. The van der Waals surface area contributed by atoms with E-state index in [1.54, 1.807) is 0 Å². The van der Waals surface area contributed by atoms with Gasteiger partial charge in [0.1, 0.15) is 5.76 Å². The summed E-state index contributed by atoms with van der Waals surface area (Å²) in [4.78, 5) is 20.0. The summed E-state index contributed by atoms with van der Waals surface area (Å²) in [5.41, 5.74) is 0.986. The normalized spacial score (nSPS) is 26.5. The molecule has 1 aromatic rings. The minimum atomic E-state index is 0.241. The van der Waals surface area contributed by atoms with Crippen molar-refractivity contribution >= 4 is 17.7 Å². The number of hydrogen-bond acceptors (Lipinski definition) is 6. The number of hydrogen-bond donors (Lipinski definition) is 0. The zero-order chi connectivity index (χ0) is 17.9. The van der Waals surface area contributed by atoms with Gasteiger partial charge in [0, 0.05) is 56.5 Å². The molecule has 0 aliphatic carbocycles. The molecule has 3 saturated heterocycles. The summed E-state index contributed by atoms with van der Waals surface area (Å²) in [6.07, 6.45) is 3.41. The van der Waals surface area contributed by atoms with Crippen LogP contribution < -0.4 is 0 Å². The molecule has 1 amide bonds. The molecule has 0 radical (unpaired) electrons. The summed E-state index contributed by atoms with van der Waals surface area (Å²) < 4.78 is 5.14. The number of nitrogens with zero attached hydrogens (tertiary/aromatic N) is 4. The Bertz CT molecular complexity index is 600. The number of amides is 1. The Morgan fingerprint density at radius 3 is 2.58 bits per heavy atom. The Labute approximate surface area is 160 Å². The first-order valence-electron chi connectivity index (χ1n) is 9.94. The van der Waals surface area contributed by atoms with Crippen LogP contribution in [0.2, 0.25) is 0 Å². The maximum atomic E-state index is 12.9. The standard InChI is InChI=1S/C19H30N4O2S/c1-15-12-17(20-25-15)13-21-7-9-23(10-8-21)19(24)16-2-5-22(6-3-16)18-4-11-26-14-18/h12,16,18H,2-11,13-14H2,1H3. The first kappa shape index (κ1) is 18.3. The van der Waals surface area contributed by atoms with E-state index in [0.717, 1.165) is 76.2 Å². The third kappa shape index (κ3) is 4.26. The van der Waals surface area contributed by atoms with Gasteiger partial charge in [0.15, 0.2) is 0 Å². The molecule has 1 atom stereocenters. The highest BCUT2D eigenvalue weighted by Crippen LogP contribution is 2.28. The Morgan fingerprint density at radius 2 is 1.96 bits per heavy atom. The number of piperidine rings is 1. The topological polar surface area (TPSA) is 52.8 Å². The molecule has 3 fully saturated rings. The van der Waals surface area contributed by atoms with Crippen LogP contribution in [0.1, 0.15) is 30.7 Å². The third-order valence-corrected chi connectivity index (χ3v) is 7.19. The Morgan fingerprint density at radius 1 is 1.19 bits per heavy atom. The van der Waals surface area contributed by atoms with Gasteiger partial charge in [-0.05, 0) is 45.0 Å². The fraction of sp³-hybridized carbons (Fsp3) is 0.789. The van der Waals surface area contributed by atoms with Gasteiger partial charge in [-0.3, -0.25) is 14.6 Å². The van der Waals surface area contributed by atoms with Gasteiger partial charge >= 0.3 is 0 Å². The van der Waals surface area contributed by atoms with Crippen LogP contribution in [0.15, 0.2) is 10.6 Å². The lowest BCUT2D eigenvalue weighted by Gasteiger charge is -2.39. The highest BCUT2D eigenvalue weighted by Gasteiger charge is 2.33. The van der Waals surface area contributed by atoms with Gasteiger partial charge in [-0.1, -0.05) is 5.16 Å². The average Bonchev–Trinajstić information content (AvgIpc) is 3.34. The lowest BCUT2D eigenvalue weighted by atomic mass is 9.94. The third-order valence-electron chi connectivity index (χ3n) is 6.05. The smallest absolute Gasteiger partial charge is 0.225 e. The van der Waals surface area contributed by atoms with Gasteiger partial charge in [-0.15, -0.1) is 0 Å². The fourth-order valence-corrected chi connectivity index (χ4v) is 5.68. The molecule has 144 valence electrons. The molecule has 1 aromatic heterocycles. The summed E-state index contributed by atoms with van der Waals surface area (Å²) in [5, 5.41) is 4.07. The largest absolute Gasteiger partial charge is 0.361 e. The lowest BCUT2D eigenvalue weighted by Crippen LogP contribution is -2.52. The Kier molecular flexibility index (Phi) is 5.86. The number of rotatable bonds is 4. The van der Waals surface area contributed by atoms with Crippen LogP contribution in [0.25, 0.3) is 0 Å². The molecule has 1 unspecified atom stereocenters. The molecule has 4 rings (SSSR count). The Hall–Kier alpha value is -1.05. The first-order chi connectivity index (χ1) is 12.7. The molecule has 7 heteroatoms. The van der Waals surface area contributed by atoms with E-state index in [9.17, 15) is 4.79 Å². The predicted molar refractivity (Wildman–Crippen MR) is 103 cm³/mol. The van der Waals surface area contributed by atoms with Crippen molar-refractivity contribution in [2.45, 2.75) is 38.8 Å². The van der Waals surface area contributed by atoms with Crippen molar-refractivity contribution in [3.63, 3.8) is 0 Å². The van der Waals surface area contributed by atoms with Crippen molar-refractivity contribution in [2.75, 3.05) is 50.8 Å². The number of piperazine rings is 1.